The van der Waals surface area contributed by atoms with Gasteiger partial charge in [0.1, 0.15) is 16.4 Å². The quantitative estimate of drug-likeness (QED) is 0.567. The Morgan fingerprint density at radius 1 is 1.10 bits per heavy atom. The van der Waals surface area contributed by atoms with E-state index in [1.165, 1.54) is 18.2 Å². The van der Waals surface area contributed by atoms with Crippen LogP contribution in [0.3, 0.4) is 0 Å². The molecule has 0 saturated carbocycles. The molecule has 0 spiro atoms. The van der Waals surface area contributed by atoms with Crippen LogP contribution in [0.15, 0.2) is 45.8 Å². The molecule has 0 aliphatic heterocycles. The maximum Gasteiger partial charge on any atom is 0.453 e. The van der Waals surface area contributed by atoms with E-state index in [1.54, 1.807) is 6.92 Å². The fourth-order valence-corrected chi connectivity index (χ4v) is 3.52. The molecule has 0 saturated heterocycles. The number of halogens is 4. The minimum absolute atomic E-state index is 0.161. The Labute approximate surface area is 163 Å². The van der Waals surface area contributed by atoms with Crippen LogP contribution in [0.5, 0.6) is 0 Å². The molecule has 0 fully saturated rings. The fraction of sp³-hybridized carbons (Fsp3) is 0.158. The Morgan fingerprint density at radius 2 is 1.76 bits per heavy atom. The number of rotatable bonds is 3. The summed E-state index contributed by atoms with van der Waals surface area (Å²) in [5, 5.41) is 12.7. The number of aryl methyl sites for hydroxylation is 1. The number of aromatic nitrogens is 1. The number of alkyl halides is 3. The largest absolute Gasteiger partial charge is 0.453 e. The molecular formula is C19H12F4N2O3S. The van der Waals surface area contributed by atoms with Crippen molar-refractivity contribution in [2.24, 2.45) is 0 Å². The minimum atomic E-state index is -4.94. The van der Waals surface area contributed by atoms with E-state index in [2.05, 4.69) is 9.68 Å². The highest BCUT2D eigenvalue weighted by molar-refractivity contribution is 7.90. The Hall–Kier alpha value is -3.19. The number of nitrogens with zero attached hydrogens (tertiary/aromatic N) is 2. The third kappa shape index (κ3) is 3.86. The third-order valence-electron chi connectivity index (χ3n) is 4.20. The van der Waals surface area contributed by atoms with Crippen LogP contribution in [-0.2, 0) is 16.0 Å². The van der Waals surface area contributed by atoms with Gasteiger partial charge in [-0.15, -0.1) is 0 Å². The Kier molecular flexibility index (Phi) is 4.96. The lowest BCUT2D eigenvalue weighted by Gasteiger charge is -2.09. The van der Waals surface area contributed by atoms with Gasteiger partial charge in [0.05, 0.1) is 17.2 Å². The zero-order valence-electron chi connectivity index (χ0n) is 15.0. The average molecular weight is 424 g/mol. The molecule has 29 heavy (non-hydrogen) atoms. The second-order valence-corrected chi connectivity index (χ2v) is 8.28. The SMILES string of the molecule is Cc1ccc(-c2noc(C(F)(F)F)c2-c2ccc(S(C)(=O)=O)c(F)c2)cc1C#N. The third-order valence-corrected chi connectivity index (χ3v) is 5.33. The second kappa shape index (κ2) is 7.00. The highest BCUT2D eigenvalue weighted by Gasteiger charge is 2.41. The molecule has 0 unspecified atom stereocenters. The summed E-state index contributed by atoms with van der Waals surface area (Å²) in [6, 6.07) is 8.87. The van der Waals surface area contributed by atoms with Gasteiger partial charge in [0.2, 0.25) is 5.76 Å². The van der Waals surface area contributed by atoms with E-state index in [-0.39, 0.29) is 22.4 Å². The summed E-state index contributed by atoms with van der Waals surface area (Å²) in [6.45, 7) is 1.66. The summed E-state index contributed by atoms with van der Waals surface area (Å²) < 4.78 is 82.4. The predicted molar refractivity (Wildman–Crippen MR) is 94.9 cm³/mol. The average Bonchev–Trinajstić information content (AvgIpc) is 3.06. The molecule has 150 valence electrons. The first kappa shape index (κ1) is 20.5. The summed E-state index contributed by atoms with van der Waals surface area (Å²) in [6.07, 6.45) is -4.15. The molecule has 1 aromatic heterocycles. The van der Waals surface area contributed by atoms with Gasteiger partial charge in [0, 0.05) is 11.8 Å². The van der Waals surface area contributed by atoms with Crippen LogP contribution in [0.25, 0.3) is 22.4 Å². The van der Waals surface area contributed by atoms with E-state index in [9.17, 15) is 31.2 Å². The predicted octanol–water partition coefficient (Wildman–Crippen LogP) is 4.75. The minimum Gasteiger partial charge on any atom is -0.350 e. The lowest BCUT2D eigenvalue weighted by Crippen LogP contribution is -2.06. The number of sulfone groups is 1. The molecule has 0 bridgehead atoms. The van der Waals surface area contributed by atoms with Gasteiger partial charge in [-0.2, -0.15) is 18.4 Å². The summed E-state index contributed by atoms with van der Waals surface area (Å²) in [7, 11) is -3.91. The summed E-state index contributed by atoms with van der Waals surface area (Å²) in [5.74, 6) is -2.66. The first-order valence-electron chi connectivity index (χ1n) is 8.01. The molecule has 0 atom stereocenters. The van der Waals surface area contributed by atoms with E-state index in [0.29, 0.717) is 11.6 Å². The van der Waals surface area contributed by atoms with E-state index < -0.39 is 38.0 Å². The molecule has 0 amide bonds. The second-order valence-electron chi connectivity index (χ2n) is 6.29. The molecule has 0 aliphatic rings. The summed E-state index contributed by atoms with van der Waals surface area (Å²) in [4.78, 5) is -0.644. The summed E-state index contributed by atoms with van der Waals surface area (Å²) in [5.41, 5.74) is -0.0689. The van der Waals surface area contributed by atoms with Crippen molar-refractivity contribution in [3.63, 3.8) is 0 Å². The van der Waals surface area contributed by atoms with Gasteiger partial charge in [-0.3, -0.25) is 0 Å². The molecule has 2 aromatic carbocycles. The van der Waals surface area contributed by atoms with Crippen LogP contribution in [0, 0.1) is 24.1 Å². The van der Waals surface area contributed by atoms with Gasteiger partial charge in [0.25, 0.3) is 0 Å². The van der Waals surface area contributed by atoms with Crippen LogP contribution >= 0.6 is 0 Å². The Balaban J connectivity index is 2.30. The number of benzene rings is 2. The van der Waals surface area contributed by atoms with Crippen LogP contribution in [-0.4, -0.2) is 19.8 Å². The van der Waals surface area contributed by atoms with E-state index in [0.717, 1.165) is 18.4 Å². The molecular weight excluding hydrogens is 412 g/mol. The van der Waals surface area contributed by atoms with Crippen LogP contribution in [0.2, 0.25) is 0 Å². The molecule has 3 aromatic rings. The monoisotopic (exact) mass is 424 g/mol. The molecule has 10 heteroatoms. The topological polar surface area (TPSA) is 84.0 Å². The van der Waals surface area contributed by atoms with Crippen molar-refractivity contribution in [2.75, 3.05) is 6.26 Å². The standard InChI is InChI=1S/C19H12F4N2O3S/c1-10-3-4-12(7-13(10)9-24)17-16(18(28-25-17)19(21,22)23)11-5-6-15(14(20)8-11)29(2,26)27/h3-8H,1-2H3. The first-order chi connectivity index (χ1) is 13.4. The zero-order chi connectivity index (χ0) is 21.6. The van der Waals surface area contributed by atoms with Crippen LogP contribution in [0.1, 0.15) is 16.9 Å². The van der Waals surface area contributed by atoms with Crippen molar-refractivity contribution in [1.82, 2.24) is 5.16 Å². The summed E-state index contributed by atoms with van der Waals surface area (Å²) >= 11 is 0. The van der Waals surface area contributed by atoms with Gasteiger partial charge in [-0.25, -0.2) is 12.8 Å². The van der Waals surface area contributed by atoms with Gasteiger partial charge in [0.15, 0.2) is 9.84 Å². The molecule has 0 aliphatic carbocycles. The first-order valence-corrected chi connectivity index (χ1v) is 9.90. The Bertz CT molecular complexity index is 1260. The Morgan fingerprint density at radius 3 is 2.31 bits per heavy atom. The molecule has 0 N–H and O–H groups in total. The highest BCUT2D eigenvalue weighted by Crippen LogP contribution is 2.43. The highest BCUT2D eigenvalue weighted by atomic mass is 32.2. The van der Waals surface area contributed by atoms with Crippen molar-refractivity contribution in [3.8, 4) is 28.5 Å². The lowest BCUT2D eigenvalue weighted by molar-refractivity contribution is -0.154. The van der Waals surface area contributed by atoms with Crippen molar-refractivity contribution in [1.29, 1.82) is 5.26 Å². The smallest absolute Gasteiger partial charge is 0.350 e. The van der Waals surface area contributed by atoms with E-state index in [1.807, 2.05) is 6.07 Å². The molecule has 5 nitrogen and oxygen atoms in total. The van der Waals surface area contributed by atoms with Crippen molar-refractivity contribution >= 4 is 9.84 Å². The van der Waals surface area contributed by atoms with Gasteiger partial charge in [-0.05, 0) is 36.2 Å². The molecule has 3 rings (SSSR count). The number of hydrogen-bond acceptors (Lipinski definition) is 5. The van der Waals surface area contributed by atoms with Crippen molar-refractivity contribution < 1.29 is 30.5 Å². The molecule has 0 radical (unpaired) electrons. The van der Waals surface area contributed by atoms with E-state index in [4.69, 9.17) is 0 Å². The maximum absolute atomic E-state index is 14.3. The normalized spacial score (nSPS) is 12.0. The van der Waals surface area contributed by atoms with Crippen molar-refractivity contribution in [2.45, 2.75) is 18.0 Å². The maximum atomic E-state index is 14.3. The van der Waals surface area contributed by atoms with Gasteiger partial charge < -0.3 is 4.52 Å². The van der Waals surface area contributed by atoms with E-state index >= 15 is 0 Å². The number of nitriles is 1. The van der Waals surface area contributed by atoms with Crippen LogP contribution in [0.4, 0.5) is 17.6 Å². The van der Waals surface area contributed by atoms with Gasteiger partial charge in [-0.1, -0.05) is 23.4 Å². The zero-order valence-corrected chi connectivity index (χ0v) is 15.8. The van der Waals surface area contributed by atoms with Gasteiger partial charge >= 0.3 is 6.18 Å². The lowest BCUT2D eigenvalue weighted by atomic mass is 9.96. The fourth-order valence-electron chi connectivity index (χ4n) is 2.80. The van der Waals surface area contributed by atoms with Crippen LogP contribution < -0.4 is 0 Å². The molecule has 1 heterocycles. The number of hydrogen-bond donors (Lipinski definition) is 0. The van der Waals surface area contributed by atoms with Crippen molar-refractivity contribution in [3.05, 3.63) is 59.1 Å².